The quantitative estimate of drug-likeness (QED) is 0.544. The molecule has 2 amide bonds. The second-order valence-electron chi connectivity index (χ2n) is 5.12. The van der Waals surface area contributed by atoms with Gasteiger partial charge < -0.3 is 0 Å². The van der Waals surface area contributed by atoms with Gasteiger partial charge in [0.1, 0.15) is 0 Å². The number of rotatable bonds is 4. The molecule has 1 heterocycles. The van der Waals surface area contributed by atoms with Crippen LogP contribution in [0.3, 0.4) is 0 Å². The minimum atomic E-state index is -0.584. The molecule has 24 heavy (non-hydrogen) atoms. The minimum absolute atomic E-state index is 0.0877. The Kier molecular flexibility index (Phi) is 5.08. The molecule has 1 fully saturated rings. The van der Waals surface area contributed by atoms with Gasteiger partial charge in [-0.25, -0.2) is 4.90 Å². The summed E-state index contributed by atoms with van der Waals surface area (Å²) in [4.78, 5) is 38.2. The number of hydrogen-bond donors (Lipinski definition) is 0. The number of amides is 2. The van der Waals surface area contributed by atoms with Crippen LogP contribution >= 0.6 is 39.3 Å². The number of thioether (sulfide) groups is 1. The zero-order valence-electron chi connectivity index (χ0n) is 12.2. The van der Waals surface area contributed by atoms with E-state index < -0.39 is 10.5 Å². The Morgan fingerprint density at radius 3 is 2.46 bits per heavy atom. The van der Waals surface area contributed by atoms with Crippen molar-refractivity contribution in [2.45, 2.75) is 16.6 Å². The monoisotopic (exact) mass is 423 g/mol. The molecule has 1 saturated heterocycles. The van der Waals surface area contributed by atoms with Crippen LogP contribution in [-0.4, -0.2) is 22.3 Å². The van der Waals surface area contributed by atoms with Gasteiger partial charge in [0.05, 0.1) is 10.9 Å². The van der Waals surface area contributed by atoms with Crippen LogP contribution < -0.4 is 4.90 Å². The third-order valence-electron chi connectivity index (χ3n) is 3.56. The Morgan fingerprint density at radius 2 is 1.79 bits per heavy atom. The first-order valence-electron chi connectivity index (χ1n) is 7.05. The second-order valence-corrected chi connectivity index (χ2v) is 7.63. The molecule has 122 valence electrons. The maximum absolute atomic E-state index is 12.6. The lowest BCUT2D eigenvalue weighted by Crippen LogP contribution is -2.31. The molecule has 0 bridgehead atoms. The van der Waals surface area contributed by atoms with Crippen molar-refractivity contribution in [3.8, 4) is 0 Å². The van der Waals surface area contributed by atoms with Gasteiger partial charge in [-0.05, 0) is 48.0 Å². The fraction of sp³-hybridized carbons (Fsp3) is 0.118. The van der Waals surface area contributed by atoms with E-state index in [1.807, 2.05) is 0 Å². The Balaban J connectivity index is 1.85. The number of nitrogens with zero attached hydrogens (tertiary/aromatic N) is 1. The molecule has 0 unspecified atom stereocenters. The summed E-state index contributed by atoms with van der Waals surface area (Å²) in [6, 6.07) is 13.8. The second kappa shape index (κ2) is 7.09. The standard InChI is InChI=1S/C17H11BrClNO3S/c18-10-5-7-11(8-6-10)20-15(21)9-14(17(20)23)24-13-4-2-1-3-12(13)16(19)22/h1-8,14H,9H2/t14-/m1/s1. The first kappa shape index (κ1) is 17.2. The number of benzene rings is 2. The van der Waals surface area contributed by atoms with Gasteiger partial charge in [0.15, 0.2) is 0 Å². The molecule has 0 aliphatic carbocycles. The fourth-order valence-corrected chi connectivity index (χ4v) is 4.11. The first-order chi connectivity index (χ1) is 11.5. The maximum Gasteiger partial charge on any atom is 0.253 e. The Labute approximate surface area is 156 Å². The lowest BCUT2D eigenvalue weighted by molar-refractivity contribution is -0.121. The van der Waals surface area contributed by atoms with Gasteiger partial charge in [0, 0.05) is 21.4 Å². The molecule has 3 rings (SSSR count). The van der Waals surface area contributed by atoms with Crippen LogP contribution in [0.1, 0.15) is 16.8 Å². The summed E-state index contributed by atoms with van der Waals surface area (Å²) >= 11 is 10.1. The van der Waals surface area contributed by atoms with E-state index in [1.54, 1.807) is 48.5 Å². The van der Waals surface area contributed by atoms with Gasteiger partial charge in [-0.1, -0.05) is 28.1 Å². The number of anilines is 1. The molecule has 0 saturated carbocycles. The van der Waals surface area contributed by atoms with Gasteiger partial charge in [0.2, 0.25) is 11.8 Å². The zero-order valence-corrected chi connectivity index (χ0v) is 15.4. The summed E-state index contributed by atoms with van der Waals surface area (Å²) < 4.78 is 0.867. The average molecular weight is 425 g/mol. The highest BCUT2D eigenvalue weighted by Crippen LogP contribution is 2.36. The van der Waals surface area contributed by atoms with E-state index in [0.29, 0.717) is 16.1 Å². The molecule has 0 spiro atoms. The van der Waals surface area contributed by atoms with Crippen LogP contribution in [0.2, 0.25) is 0 Å². The predicted octanol–water partition coefficient (Wildman–Crippen LogP) is 4.25. The van der Waals surface area contributed by atoms with Crippen LogP contribution in [0, 0.1) is 0 Å². The van der Waals surface area contributed by atoms with E-state index in [1.165, 1.54) is 16.7 Å². The number of halogens is 2. The van der Waals surface area contributed by atoms with Crippen molar-refractivity contribution in [2.75, 3.05) is 4.90 Å². The van der Waals surface area contributed by atoms with Crippen LogP contribution in [0.15, 0.2) is 57.9 Å². The van der Waals surface area contributed by atoms with Gasteiger partial charge >= 0.3 is 0 Å². The molecule has 1 aliphatic heterocycles. The summed E-state index contributed by atoms with van der Waals surface area (Å²) in [6.45, 7) is 0. The number of carbonyl (C=O) groups is 3. The van der Waals surface area contributed by atoms with Crippen molar-refractivity contribution in [3.63, 3.8) is 0 Å². The summed E-state index contributed by atoms with van der Waals surface area (Å²) in [5, 5.41) is -1.15. The highest BCUT2D eigenvalue weighted by Gasteiger charge is 2.40. The smallest absolute Gasteiger partial charge is 0.253 e. The van der Waals surface area contributed by atoms with Crippen molar-refractivity contribution < 1.29 is 14.4 Å². The molecule has 4 nitrogen and oxygen atoms in total. The molecule has 2 aromatic rings. The molecule has 0 aromatic heterocycles. The summed E-state index contributed by atoms with van der Waals surface area (Å²) in [5.41, 5.74) is 0.879. The third-order valence-corrected chi connectivity index (χ3v) is 5.55. The van der Waals surface area contributed by atoms with E-state index in [-0.39, 0.29) is 18.2 Å². The van der Waals surface area contributed by atoms with E-state index in [9.17, 15) is 14.4 Å². The van der Waals surface area contributed by atoms with Crippen molar-refractivity contribution >= 4 is 62.0 Å². The zero-order chi connectivity index (χ0) is 17.3. The Hall–Kier alpha value is -1.63. The highest BCUT2D eigenvalue weighted by atomic mass is 79.9. The summed E-state index contributed by atoms with van der Waals surface area (Å²) in [7, 11) is 0. The molecule has 2 aromatic carbocycles. The number of imide groups is 1. The van der Waals surface area contributed by atoms with Crippen molar-refractivity contribution in [3.05, 3.63) is 58.6 Å². The van der Waals surface area contributed by atoms with E-state index in [2.05, 4.69) is 15.9 Å². The number of hydrogen-bond acceptors (Lipinski definition) is 4. The molecule has 0 N–H and O–H groups in total. The van der Waals surface area contributed by atoms with Crippen molar-refractivity contribution in [2.24, 2.45) is 0 Å². The van der Waals surface area contributed by atoms with Crippen LogP contribution in [0.25, 0.3) is 0 Å². The summed E-state index contributed by atoms with van der Waals surface area (Å²) in [6.07, 6.45) is 0.0877. The molecule has 1 aliphatic rings. The Morgan fingerprint density at radius 1 is 1.12 bits per heavy atom. The maximum atomic E-state index is 12.6. The van der Waals surface area contributed by atoms with Crippen LogP contribution in [-0.2, 0) is 9.59 Å². The lowest BCUT2D eigenvalue weighted by Gasteiger charge is -2.15. The average Bonchev–Trinajstić information content (AvgIpc) is 2.83. The van der Waals surface area contributed by atoms with Crippen LogP contribution in [0.4, 0.5) is 5.69 Å². The largest absolute Gasteiger partial charge is 0.276 e. The molecular weight excluding hydrogens is 414 g/mol. The predicted molar refractivity (Wildman–Crippen MR) is 97.5 cm³/mol. The SMILES string of the molecule is O=C(Cl)c1ccccc1S[C@@H]1CC(=O)N(c2ccc(Br)cc2)C1=O. The topological polar surface area (TPSA) is 54.5 Å². The molecule has 7 heteroatoms. The molecule has 1 atom stereocenters. The molecular formula is C17H11BrClNO3S. The third kappa shape index (κ3) is 3.41. The fourth-order valence-electron chi connectivity index (χ4n) is 2.44. The van der Waals surface area contributed by atoms with Crippen LogP contribution in [0.5, 0.6) is 0 Å². The van der Waals surface area contributed by atoms with E-state index in [0.717, 1.165) is 4.47 Å². The normalized spacial score (nSPS) is 17.4. The van der Waals surface area contributed by atoms with Gasteiger partial charge in [-0.15, -0.1) is 11.8 Å². The molecule has 0 radical (unpaired) electrons. The van der Waals surface area contributed by atoms with Gasteiger partial charge in [0.25, 0.3) is 5.24 Å². The minimum Gasteiger partial charge on any atom is -0.276 e. The number of carbonyl (C=O) groups excluding carboxylic acids is 3. The van der Waals surface area contributed by atoms with Gasteiger partial charge in [-0.3, -0.25) is 14.4 Å². The Bertz CT molecular complexity index is 825. The first-order valence-corrected chi connectivity index (χ1v) is 9.10. The van der Waals surface area contributed by atoms with E-state index in [4.69, 9.17) is 11.6 Å². The van der Waals surface area contributed by atoms with E-state index >= 15 is 0 Å². The highest BCUT2D eigenvalue weighted by molar-refractivity contribution is 9.10. The van der Waals surface area contributed by atoms with Gasteiger partial charge in [-0.2, -0.15) is 0 Å². The summed E-state index contributed by atoms with van der Waals surface area (Å²) in [5.74, 6) is -0.543. The van der Waals surface area contributed by atoms with Crippen molar-refractivity contribution in [1.82, 2.24) is 0 Å². The lowest BCUT2D eigenvalue weighted by atomic mass is 10.2. The van der Waals surface area contributed by atoms with Crippen molar-refractivity contribution in [1.29, 1.82) is 0 Å².